The van der Waals surface area contributed by atoms with Gasteiger partial charge in [-0.05, 0) is 18.2 Å². The number of likely N-dealkylation sites (N-methyl/N-ethyl adjacent to an activating group) is 1. The molecule has 0 saturated heterocycles. The van der Waals surface area contributed by atoms with Gasteiger partial charge in [-0.3, -0.25) is 9.59 Å². The lowest BCUT2D eigenvalue weighted by molar-refractivity contribution is -0.141. The van der Waals surface area contributed by atoms with Crippen LogP contribution >= 0.6 is 0 Å². The van der Waals surface area contributed by atoms with E-state index in [4.69, 9.17) is 0 Å². The minimum Gasteiger partial charge on any atom is -0.468 e. The molecule has 0 saturated carbocycles. The summed E-state index contributed by atoms with van der Waals surface area (Å²) in [5, 5.41) is 4.21. The van der Waals surface area contributed by atoms with Gasteiger partial charge in [-0.1, -0.05) is 18.2 Å². The summed E-state index contributed by atoms with van der Waals surface area (Å²) < 4.78 is 6.13. The Bertz CT molecular complexity index is 607. The van der Waals surface area contributed by atoms with Gasteiger partial charge in [0.05, 0.1) is 12.8 Å². The quantitative estimate of drug-likeness (QED) is 0.783. The molecule has 0 aliphatic heterocycles. The summed E-state index contributed by atoms with van der Waals surface area (Å²) in [6.07, 6.45) is 1.70. The summed E-state index contributed by atoms with van der Waals surface area (Å²) in [6.45, 7) is -0.104. The number of carbonyl (C=O) groups excluding carboxylic acids is 2. The van der Waals surface area contributed by atoms with Crippen LogP contribution in [0.3, 0.4) is 0 Å². The maximum Gasteiger partial charge on any atom is 0.325 e. The van der Waals surface area contributed by atoms with Gasteiger partial charge in [0.2, 0.25) is 0 Å². The topological polar surface area (TPSA) is 64.4 Å². The molecule has 0 N–H and O–H groups in total. The van der Waals surface area contributed by atoms with Crippen molar-refractivity contribution < 1.29 is 14.3 Å². The van der Waals surface area contributed by atoms with E-state index in [-0.39, 0.29) is 18.1 Å². The van der Waals surface area contributed by atoms with Crippen molar-refractivity contribution in [1.29, 1.82) is 0 Å². The number of carbonyl (C=O) groups is 2. The van der Waals surface area contributed by atoms with Crippen molar-refractivity contribution in [3.8, 4) is 5.69 Å². The summed E-state index contributed by atoms with van der Waals surface area (Å²) >= 11 is 0. The van der Waals surface area contributed by atoms with E-state index in [9.17, 15) is 9.59 Å². The van der Waals surface area contributed by atoms with Gasteiger partial charge in [-0.2, -0.15) is 5.10 Å². The van der Waals surface area contributed by atoms with Gasteiger partial charge < -0.3 is 9.64 Å². The average molecular weight is 273 g/mol. The van der Waals surface area contributed by atoms with Crippen molar-refractivity contribution >= 4 is 11.9 Å². The number of amides is 1. The first-order valence-corrected chi connectivity index (χ1v) is 6.05. The molecular formula is C14H15N3O3. The number of nitrogens with zero attached hydrogens (tertiary/aromatic N) is 3. The molecule has 0 unspecified atom stereocenters. The van der Waals surface area contributed by atoms with E-state index in [1.165, 1.54) is 19.1 Å². The Hall–Kier alpha value is -2.63. The van der Waals surface area contributed by atoms with Gasteiger partial charge in [-0.25, -0.2) is 4.68 Å². The second kappa shape index (κ2) is 6.01. The molecule has 0 spiro atoms. The zero-order chi connectivity index (χ0) is 14.5. The standard InChI is InChI=1S/C14H15N3O3/c1-16(10-13(18)20-2)14(19)12-8-9-17(15-12)11-6-4-3-5-7-11/h3-9H,10H2,1-2H3. The molecule has 20 heavy (non-hydrogen) atoms. The number of para-hydroxylation sites is 1. The first kappa shape index (κ1) is 13.8. The Morgan fingerprint density at radius 3 is 2.60 bits per heavy atom. The second-order valence-electron chi connectivity index (χ2n) is 4.22. The molecule has 2 rings (SSSR count). The smallest absolute Gasteiger partial charge is 0.325 e. The third-order valence-corrected chi connectivity index (χ3v) is 2.77. The minimum absolute atomic E-state index is 0.104. The lowest BCUT2D eigenvalue weighted by atomic mass is 10.3. The summed E-state index contributed by atoms with van der Waals surface area (Å²) in [5.41, 5.74) is 1.14. The maximum atomic E-state index is 12.1. The molecule has 6 heteroatoms. The van der Waals surface area contributed by atoms with Gasteiger partial charge in [0.25, 0.3) is 5.91 Å². The summed E-state index contributed by atoms with van der Waals surface area (Å²) in [5.74, 6) is -0.798. The SMILES string of the molecule is COC(=O)CN(C)C(=O)c1ccn(-c2ccccc2)n1. The van der Waals surface area contributed by atoms with E-state index in [0.717, 1.165) is 5.69 Å². The fourth-order valence-corrected chi connectivity index (χ4v) is 1.69. The molecule has 1 aromatic heterocycles. The Balaban J connectivity index is 2.12. The van der Waals surface area contributed by atoms with Crippen molar-refractivity contribution in [3.05, 3.63) is 48.3 Å². The van der Waals surface area contributed by atoms with Crippen molar-refractivity contribution in [3.63, 3.8) is 0 Å². The van der Waals surface area contributed by atoms with E-state index in [1.807, 2.05) is 30.3 Å². The van der Waals surface area contributed by atoms with Crippen molar-refractivity contribution in [1.82, 2.24) is 14.7 Å². The van der Waals surface area contributed by atoms with Crippen LogP contribution < -0.4 is 0 Å². The Labute approximate surface area is 116 Å². The summed E-state index contributed by atoms with van der Waals surface area (Å²) in [4.78, 5) is 24.5. The number of benzene rings is 1. The van der Waals surface area contributed by atoms with Crippen LogP contribution in [-0.2, 0) is 9.53 Å². The number of ether oxygens (including phenoxy) is 1. The van der Waals surface area contributed by atoms with E-state index in [0.29, 0.717) is 0 Å². The largest absolute Gasteiger partial charge is 0.468 e. The predicted molar refractivity (Wildman–Crippen MR) is 72.5 cm³/mol. The normalized spacial score (nSPS) is 10.1. The van der Waals surface area contributed by atoms with Crippen LogP contribution in [0.4, 0.5) is 0 Å². The van der Waals surface area contributed by atoms with Crippen molar-refractivity contribution in [2.75, 3.05) is 20.7 Å². The molecular weight excluding hydrogens is 258 g/mol. The van der Waals surface area contributed by atoms with Crippen molar-refractivity contribution in [2.45, 2.75) is 0 Å². The Kier molecular flexibility index (Phi) is 4.14. The lowest BCUT2D eigenvalue weighted by Gasteiger charge is -2.13. The molecule has 1 amide bonds. The molecule has 6 nitrogen and oxygen atoms in total. The number of hydrogen-bond donors (Lipinski definition) is 0. The number of hydrogen-bond acceptors (Lipinski definition) is 4. The third-order valence-electron chi connectivity index (χ3n) is 2.77. The van der Waals surface area contributed by atoms with Crippen LogP contribution in [0, 0.1) is 0 Å². The minimum atomic E-state index is -0.469. The van der Waals surface area contributed by atoms with Crippen LogP contribution in [0.5, 0.6) is 0 Å². The Morgan fingerprint density at radius 1 is 1.25 bits per heavy atom. The van der Waals surface area contributed by atoms with E-state index in [2.05, 4.69) is 9.84 Å². The monoisotopic (exact) mass is 273 g/mol. The van der Waals surface area contributed by atoms with Crippen molar-refractivity contribution in [2.24, 2.45) is 0 Å². The molecule has 104 valence electrons. The second-order valence-corrected chi connectivity index (χ2v) is 4.22. The molecule has 0 bridgehead atoms. The molecule has 0 atom stereocenters. The summed E-state index contributed by atoms with van der Waals surface area (Å²) in [6, 6.07) is 11.1. The average Bonchev–Trinajstić information content (AvgIpc) is 2.97. The molecule has 2 aromatic rings. The molecule has 0 aliphatic carbocycles. The molecule has 1 heterocycles. The zero-order valence-corrected chi connectivity index (χ0v) is 11.3. The van der Waals surface area contributed by atoms with Crippen LogP contribution in [0.1, 0.15) is 10.5 Å². The highest BCUT2D eigenvalue weighted by molar-refractivity contribution is 5.94. The van der Waals surface area contributed by atoms with Gasteiger partial charge in [0.1, 0.15) is 6.54 Å². The van der Waals surface area contributed by atoms with E-state index >= 15 is 0 Å². The number of rotatable bonds is 4. The number of esters is 1. The van der Waals surface area contributed by atoms with E-state index < -0.39 is 5.97 Å². The maximum absolute atomic E-state index is 12.1. The molecule has 0 aliphatic rings. The van der Waals surface area contributed by atoms with Gasteiger partial charge in [0, 0.05) is 13.2 Å². The first-order valence-electron chi connectivity index (χ1n) is 6.05. The highest BCUT2D eigenvalue weighted by Gasteiger charge is 2.17. The highest BCUT2D eigenvalue weighted by Crippen LogP contribution is 2.08. The van der Waals surface area contributed by atoms with Gasteiger partial charge >= 0.3 is 5.97 Å². The highest BCUT2D eigenvalue weighted by atomic mass is 16.5. The fraction of sp³-hybridized carbons (Fsp3) is 0.214. The van der Waals surface area contributed by atoms with Crippen LogP contribution in [-0.4, -0.2) is 47.3 Å². The van der Waals surface area contributed by atoms with Crippen LogP contribution in [0.25, 0.3) is 5.69 Å². The van der Waals surface area contributed by atoms with E-state index in [1.54, 1.807) is 16.9 Å². The fourth-order valence-electron chi connectivity index (χ4n) is 1.69. The predicted octanol–water partition coefficient (Wildman–Crippen LogP) is 1.12. The zero-order valence-electron chi connectivity index (χ0n) is 11.3. The molecule has 0 fully saturated rings. The number of aromatic nitrogens is 2. The lowest BCUT2D eigenvalue weighted by Crippen LogP contribution is -2.33. The first-order chi connectivity index (χ1) is 9.61. The number of methoxy groups -OCH3 is 1. The van der Waals surface area contributed by atoms with Gasteiger partial charge in [0.15, 0.2) is 5.69 Å². The molecule has 0 radical (unpaired) electrons. The third kappa shape index (κ3) is 3.03. The van der Waals surface area contributed by atoms with Crippen LogP contribution in [0.2, 0.25) is 0 Å². The Morgan fingerprint density at radius 2 is 1.95 bits per heavy atom. The molecule has 1 aromatic carbocycles. The van der Waals surface area contributed by atoms with Gasteiger partial charge in [-0.15, -0.1) is 0 Å². The summed E-state index contributed by atoms with van der Waals surface area (Å²) in [7, 11) is 2.81. The van der Waals surface area contributed by atoms with Crippen LogP contribution in [0.15, 0.2) is 42.6 Å².